The van der Waals surface area contributed by atoms with Crippen LogP contribution in [0.5, 0.6) is 0 Å². The lowest BCUT2D eigenvalue weighted by atomic mass is 10.2. The Morgan fingerprint density at radius 1 is 1.37 bits per heavy atom. The van der Waals surface area contributed by atoms with Crippen molar-refractivity contribution in [3.8, 4) is 0 Å². The molecule has 0 bridgehead atoms. The van der Waals surface area contributed by atoms with Crippen molar-refractivity contribution in [2.45, 2.75) is 19.4 Å². The lowest BCUT2D eigenvalue weighted by molar-refractivity contribution is 0.0600. The van der Waals surface area contributed by atoms with Gasteiger partial charge in [-0.25, -0.2) is 4.79 Å². The SMILES string of the molecule is COC(=O)c1ccn2c(CN3CCCC3)nnc2c1. The minimum absolute atomic E-state index is 0.355. The minimum atomic E-state index is -0.355. The zero-order chi connectivity index (χ0) is 13.2. The molecule has 6 heteroatoms. The number of hydrogen-bond donors (Lipinski definition) is 0. The molecule has 0 N–H and O–H groups in total. The second kappa shape index (κ2) is 4.97. The van der Waals surface area contributed by atoms with Crippen LogP contribution in [0.25, 0.3) is 5.65 Å². The Hall–Kier alpha value is -1.95. The van der Waals surface area contributed by atoms with Gasteiger partial charge in [0, 0.05) is 6.20 Å². The first-order valence-electron chi connectivity index (χ1n) is 6.42. The molecule has 6 nitrogen and oxygen atoms in total. The fraction of sp³-hybridized carbons (Fsp3) is 0.462. The lowest BCUT2D eigenvalue weighted by Crippen LogP contribution is -2.20. The molecule has 0 atom stereocenters. The van der Waals surface area contributed by atoms with Gasteiger partial charge in [0.15, 0.2) is 11.5 Å². The average Bonchev–Trinajstić information content (AvgIpc) is 3.08. The molecule has 0 unspecified atom stereocenters. The maximum absolute atomic E-state index is 11.5. The molecule has 1 fully saturated rings. The third-order valence-corrected chi connectivity index (χ3v) is 3.47. The molecular weight excluding hydrogens is 244 g/mol. The predicted octanol–water partition coefficient (Wildman–Crippen LogP) is 1.11. The van der Waals surface area contributed by atoms with Crippen molar-refractivity contribution in [3.63, 3.8) is 0 Å². The molecule has 0 spiro atoms. The van der Waals surface area contributed by atoms with E-state index in [0.717, 1.165) is 25.5 Å². The first kappa shape index (κ1) is 12.1. The number of likely N-dealkylation sites (tertiary alicyclic amines) is 1. The highest BCUT2D eigenvalue weighted by molar-refractivity contribution is 5.90. The average molecular weight is 260 g/mol. The number of carbonyl (C=O) groups excluding carboxylic acids is 1. The molecule has 0 aliphatic carbocycles. The molecule has 0 saturated carbocycles. The van der Waals surface area contributed by atoms with Crippen molar-refractivity contribution >= 4 is 11.6 Å². The normalized spacial score (nSPS) is 16.1. The van der Waals surface area contributed by atoms with Crippen molar-refractivity contribution in [1.29, 1.82) is 0 Å². The Kier molecular flexibility index (Phi) is 3.16. The highest BCUT2D eigenvalue weighted by Crippen LogP contribution is 2.13. The third kappa shape index (κ3) is 2.31. The summed E-state index contributed by atoms with van der Waals surface area (Å²) in [6.07, 6.45) is 4.33. The summed E-state index contributed by atoms with van der Waals surface area (Å²) in [4.78, 5) is 13.8. The van der Waals surface area contributed by atoms with Gasteiger partial charge in [-0.1, -0.05) is 0 Å². The van der Waals surface area contributed by atoms with E-state index in [1.807, 2.05) is 10.6 Å². The van der Waals surface area contributed by atoms with Crippen LogP contribution in [0.4, 0.5) is 0 Å². The van der Waals surface area contributed by atoms with Crippen LogP contribution in [0.2, 0.25) is 0 Å². The first-order valence-corrected chi connectivity index (χ1v) is 6.42. The Morgan fingerprint density at radius 2 is 2.16 bits per heavy atom. The highest BCUT2D eigenvalue weighted by Gasteiger charge is 2.16. The zero-order valence-electron chi connectivity index (χ0n) is 10.9. The number of nitrogens with zero attached hydrogens (tertiary/aromatic N) is 4. The monoisotopic (exact) mass is 260 g/mol. The summed E-state index contributed by atoms with van der Waals surface area (Å²) >= 11 is 0. The van der Waals surface area contributed by atoms with Crippen molar-refractivity contribution < 1.29 is 9.53 Å². The molecule has 0 radical (unpaired) electrons. The van der Waals surface area contributed by atoms with Gasteiger partial charge in [-0.15, -0.1) is 10.2 Å². The van der Waals surface area contributed by atoms with Crippen LogP contribution < -0.4 is 0 Å². The molecular formula is C13H16N4O2. The number of rotatable bonds is 3. The molecule has 1 aliphatic heterocycles. The summed E-state index contributed by atoms with van der Waals surface area (Å²) in [5, 5.41) is 8.32. The Balaban J connectivity index is 1.88. The fourth-order valence-electron chi connectivity index (χ4n) is 2.43. The number of ether oxygens (including phenoxy) is 1. The highest BCUT2D eigenvalue weighted by atomic mass is 16.5. The molecule has 3 heterocycles. The van der Waals surface area contributed by atoms with Crippen molar-refractivity contribution in [3.05, 3.63) is 29.7 Å². The predicted molar refractivity (Wildman–Crippen MR) is 68.8 cm³/mol. The second-order valence-corrected chi connectivity index (χ2v) is 4.73. The molecule has 100 valence electrons. The number of carbonyl (C=O) groups is 1. The minimum Gasteiger partial charge on any atom is -0.465 e. The smallest absolute Gasteiger partial charge is 0.338 e. The Morgan fingerprint density at radius 3 is 2.89 bits per heavy atom. The van der Waals surface area contributed by atoms with Crippen LogP contribution in [0, 0.1) is 0 Å². The molecule has 19 heavy (non-hydrogen) atoms. The Bertz CT molecular complexity index is 602. The maximum Gasteiger partial charge on any atom is 0.338 e. The maximum atomic E-state index is 11.5. The second-order valence-electron chi connectivity index (χ2n) is 4.73. The van der Waals surface area contributed by atoms with Crippen LogP contribution in [0.1, 0.15) is 29.0 Å². The molecule has 0 amide bonds. The summed E-state index contributed by atoms with van der Waals surface area (Å²) in [5.74, 6) is 0.555. The number of fused-ring (bicyclic) bond motifs is 1. The number of pyridine rings is 1. The number of hydrogen-bond acceptors (Lipinski definition) is 5. The van der Waals surface area contributed by atoms with E-state index in [4.69, 9.17) is 4.74 Å². The van der Waals surface area contributed by atoms with Crippen LogP contribution >= 0.6 is 0 Å². The summed E-state index contributed by atoms with van der Waals surface area (Å²) in [7, 11) is 1.37. The van der Waals surface area contributed by atoms with Gasteiger partial charge in [0.05, 0.1) is 19.2 Å². The van der Waals surface area contributed by atoms with Gasteiger partial charge < -0.3 is 4.74 Å². The van der Waals surface area contributed by atoms with E-state index < -0.39 is 0 Å². The van der Waals surface area contributed by atoms with Gasteiger partial charge in [0.25, 0.3) is 0 Å². The van der Waals surface area contributed by atoms with Crippen LogP contribution in [0.3, 0.4) is 0 Å². The van der Waals surface area contributed by atoms with E-state index in [2.05, 4.69) is 15.1 Å². The van der Waals surface area contributed by atoms with E-state index in [1.54, 1.807) is 12.1 Å². The van der Waals surface area contributed by atoms with E-state index >= 15 is 0 Å². The quantitative estimate of drug-likeness (QED) is 0.774. The van der Waals surface area contributed by atoms with Gasteiger partial charge in [-0.2, -0.15) is 0 Å². The molecule has 2 aromatic heterocycles. The van der Waals surface area contributed by atoms with Gasteiger partial charge in [-0.3, -0.25) is 9.30 Å². The van der Waals surface area contributed by atoms with E-state index in [-0.39, 0.29) is 5.97 Å². The van der Waals surface area contributed by atoms with Gasteiger partial charge in [0.1, 0.15) is 0 Å². The van der Waals surface area contributed by atoms with Crippen LogP contribution in [0.15, 0.2) is 18.3 Å². The molecule has 1 aliphatic rings. The molecule has 3 rings (SSSR count). The number of methoxy groups -OCH3 is 1. The lowest BCUT2D eigenvalue weighted by Gasteiger charge is -2.12. The largest absolute Gasteiger partial charge is 0.465 e. The fourth-order valence-corrected chi connectivity index (χ4v) is 2.43. The van der Waals surface area contributed by atoms with Gasteiger partial charge in [0.2, 0.25) is 0 Å². The van der Waals surface area contributed by atoms with Crippen molar-refractivity contribution in [2.75, 3.05) is 20.2 Å². The van der Waals surface area contributed by atoms with E-state index in [1.165, 1.54) is 20.0 Å². The van der Waals surface area contributed by atoms with E-state index in [0.29, 0.717) is 11.2 Å². The molecule has 0 aromatic carbocycles. The summed E-state index contributed by atoms with van der Waals surface area (Å²) in [6, 6.07) is 3.43. The summed E-state index contributed by atoms with van der Waals surface area (Å²) in [6.45, 7) is 3.04. The Labute approximate surface area is 111 Å². The number of esters is 1. The van der Waals surface area contributed by atoms with Crippen LogP contribution in [-0.4, -0.2) is 45.7 Å². The molecule has 2 aromatic rings. The zero-order valence-corrected chi connectivity index (χ0v) is 10.9. The van der Waals surface area contributed by atoms with Crippen molar-refractivity contribution in [1.82, 2.24) is 19.5 Å². The van der Waals surface area contributed by atoms with Gasteiger partial charge >= 0.3 is 5.97 Å². The topological polar surface area (TPSA) is 59.7 Å². The summed E-state index contributed by atoms with van der Waals surface area (Å²) < 4.78 is 6.62. The van der Waals surface area contributed by atoms with Gasteiger partial charge in [-0.05, 0) is 38.1 Å². The number of aromatic nitrogens is 3. The molecule has 1 saturated heterocycles. The van der Waals surface area contributed by atoms with E-state index in [9.17, 15) is 4.79 Å². The summed E-state index contributed by atoms with van der Waals surface area (Å²) in [5.41, 5.74) is 1.17. The third-order valence-electron chi connectivity index (χ3n) is 3.47. The first-order chi connectivity index (χ1) is 9.28. The van der Waals surface area contributed by atoms with Crippen LogP contribution in [-0.2, 0) is 11.3 Å². The van der Waals surface area contributed by atoms with Crippen molar-refractivity contribution in [2.24, 2.45) is 0 Å². The standard InChI is InChI=1S/C13H16N4O2/c1-19-13(18)10-4-7-17-11(8-10)14-15-12(17)9-16-5-2-3-6-16/h4,7-8H,2-3,5-6,9H2,1H3.